The zero-order chi connectivity index (χ0) is 21.5. The molecule has 0 aliphatic carbocycles. The summed E-state index contributed by atoms with van der Waals surface area (Å²) in [5, 5.41) is 0. The fourth-order valence-electron chi connectivity index (χ4n) is 3.30. The summed E-state index contributed by atoms with van der Waals surface area (Å²) in [5.74, 6) is -1.32. The van der Waals surface area contributed by atoms with Gasteiger partial charge >= 0.3 is 6.98 Å². The lowest BCUT2D eigenvalue weighted by Gasteiger charge is -2.39. The van der Waals surface area contributed by atoms with Crippen LogP contribution < -0.4 is 5.46 Å². The molecule has 0 aromatic carbocycles. The van der Waals surface area contributed by atoms with Gasteiger partial charge < -0.3 is 17.4 Å². The summed E-state index contributed by atoms with van der Waals surface area (Å²) >= 11 is 0. The molecule has 1 rings (SSSR count). The number of quaternary nitrogens is 1. The summed E-state index contributed by atoms with van der Waals surface area (Å²) < 4.78 is 49.3. The standard InChI is InChI=1S/C16H36N.C5H3BF4N/c1-5-9-13-17(14-10-6-2,15-11-7-3)16-12-8-4;7-5-3-11-2-1-4(5)6(8,9)10/h5-16H2,1-4H3;1-3H/q+1;-1. The van der Waals surface area contributed by atoms with Crippen molar-refractivity contribution in [1.29, 1.82) is 0 Å². The molecule has 0 bridgehead atoms. The summed E-state index contributed by atoms with van der Waals surface area (Å²) in [5.41, 5.74) is -1.22. The van der Waals surface area contributed by atoms with Crippen molar-refractivity contribution >= 4 is 12.4 Å². The SMILES string of the molecule is CCCC[N+](CCCC)(CCCC)CCCC.Fc1cnccc1[B-](F)(F)F. The van der Waals surface area contributed by atoms with Crippen LogP contribution in [0.2, 0.25) is 0 Å². The maximum Gasteiger partial charge on any atom is 0.512 e. The molecule has 164 valence electrons. The highest BCUT2D eigenvalue weighted by Gasteiger charge is 2.28. The van der Waals surface area contributed by atoms with Crippen LogP contribution in [-0.2, 0) is 0 Å². The number of rotatable bonds is 13. The second-order valence-corrected chi connectivity index (χ2v) is 7.62. The maximum absolute atomic E-state index is 12.3. The van der Waals surface area contributed by atoms with Crippen LogP contribution in [-0.4, -0.2) is 42.6 Å². The molecule has 2 nitrogen and oxygen atoms in total. The summed E-state index contributed by atoms with van der Waals surface area (Å²) in [4.78, 5) is 3.19. The Labute approximate surface area is 169 Å². The van der Waals surface area contributed by atoms with E-state index in [4.69, 9.17) is 0 Å². The molecule has 0 spiro atoms. The van der Waals surface area contributed by atoms with Crippen LogP contribution in [0, 0.1) is 5.82 Å². The lowest BCUT2D eigenvalue weighted by molar-refractivity contribution is -0.929. The van der Waals surface area contributed by atoms with Crippen LogP contribution >= 0.6 is 0 Å². The van der Waals surface area contributed by atoms with Gasteiger partial charge in [0.15, 0.2) is 0 Å². The van der Waals surface area contributed by atoms with Crippen molar-refractivity contribution in [2.75, 3.05) is 26.2 Å². The van der Waals surface area contributed by atoms with Gasteiger partial charge in [-0.15, -0.1) is 0 Å². The molecule has 1 heterocycles. The number of hydrogen-bond acceptors (Lipinski definition) is 1. The van der Waals surface area contributed by atoms with Gasteiger partial charge in [0.1, 0.15) is 5.82 Å². The average Bonchev–Trinajstić information content (AvgIpc) is 2.67. The molecular formula is C21H39BF4N2. The van der Waals surface area contributed by atoms with Gasteiger partial charge in [-0.05, 0) is 25.7 Å². The van der Waals surface area contributed by atoms with Crippen LogP contribution in [0.15, 0.2) is 18.5 Å². The Kier molecular flexibility index (Phi) is 14.2. The van der Waals surface area contributed by atoms with E-state index in [1.165, 1.54) is 82.0 Å². The molecule has 0 saturated heterocycles. The molecule has 1 aromatic rings. The van der Waals surface area contributed by atoms with E-state index in [9.17, 15) is 17.3 Å². The minimum absolute atomic E-state index is 0.546. The molecule has 0 amide bonds. The molecule has 28 heavy (non-hydrogen) atoms. The quantitative estimate of drug-likeness (QED) is 0.213. The first kappa shape index (κ1) is 26.9. The fourth-order valence-corrected chi connectivity index (χ4v) is 3.30. The summed E-state index contributed by atoms with van der Waals surface area (Å²) in [6.45, 7) is 9.77. The first-order valence-electron chi connectivity index (χ1n) is 10.9. The van der Waals surface area contributed by atoms with Crippen molar-refractivity contribution < 1.29 is 21.8 Å². The first-order chi connectivity index (χ1) is 13.3. The molecule has 0 radical (unpaired) electrons. The van der Waals surface area contributed by atoms with Crippen LogP contribution in [0.1, 0.15) is 79.1 Å². The van der Waals surface area contributed by atoms with Crippen LogP contribution in [0.25, 0.3) is 0 Å². The predicted molar refractivity (Wildman–Crippen MR) is 112 cm³/mol. The molecular weight excluding hydrogens is 367 g/mol. The third kappa shape index (κ3) is 11.0. The van der Waals surface area contributed by atoms with E-state index in [1.54, 1.807) is 0 Å². The lowest BCUT2D eigenvalue weighted by atomic mass is 9.80. The van der Waals surface area contributed by atoms with Gasteiger partial charge in [0, 0.05) is 6.20 Å². The summed E-state index contributed by atoms with van der Waals surface area (Å²) in [6, 6.07) is 0.620. The van der Waals surface area contributed by atoms with E-state index in [0.717, 1.165) is 6.20 Å². The molecule has 0 aliphatic heterocycles. The Balaban J connectivity index is 0.000000567. The Hall–Kier alpha value is -1.11. The van der Waals surface area contributed by atoms with Gasteiger partial charge in [0.25, 0.3) is 0 Å². The highest BCUT2D eigenvalue weighted by atomic mass is 19.4. The molecule has 0 saturated carbocycles. The third-order valence-electron chi connectivity index (χ3n) is 5.10. The zero-order valence-electron chi connectivity index (χ0n) is 18.2. The van der Waals surface area contributed by atoms with Gasteiger partial charge in [0.05, 0.1) is 32.4 Å². The van der Waals surface area contributed by atoms with Crippen molar-refractivity contribution in [2.24, 2.45) is 0 Å². The van der Waals surface area contributed by atoms with E-state index in [0.29, 0.717) is 12.3 Å². The number of hydrogen-bond donors (Lipinski definition) is 0. The second kappa shape index (κ2) is 14.8. The average molecular weight is 406 g/mol. The van der Waals surface area contributed by atoms with Gasteiger partial charge in [0.2, 0.25) is 0 Å². The number of halogens is 4. The predicted octanol–water partition coefficient (Wildman–Crippen LogP) is 6.28. The second-order valence-electron chi connectivity index (χ2n) is 7.62. The minimum atomic E-state index is -5.24. The molecule has 0 atom stereocenters. The van der Waals surface area contributed by atoms with Crippen molar-refractivity contribution in [2.45, 2.75) is 79.1 Å². The summed E-state index contributed by atoms with van der Waals surface area (Å²) in [6.07, 6.45) is 12.5. The monoisotopic (exact) mass is 406 g/mol. The fraction of sp³-hybridized carbons (Fsp3) is 0.762. The Morgan fingerprint density at radius 3 is 1.43 bits per heavy atom. The molecule has 7 heteroatoms. The number of pyridine rings is 1. The molecule has 0 fully saturated rings. The summed E-state index contributed by atoms with van der Waals surface area (Å²) in [7, 11) is 0. The van der Waals surface area contributed by atoms with E-state index in [-0.39, 0.29) is 0 Å². The highest BCUT2D eigenvalue weighted by Crippen LogP contribution is 2.16. The Bertz CT molecular complexity index is 472. The normalized spacial score (nSPS) is 11.9. The molecule has 0 unspecified atom stereocenters. The minimum Gasteiger partial charge on any atom is -0.445 e. The highest BCUT2D eigenvalue weighted by molar-refractivity contribution is 6.73. The molecule has 0 aliphatic rings. The van der Waals surface area contributed by atoms with E-state index < -0.39 is 18.3 Å². The van der Waals surface area contributed by atoms with Crippen LogP contribution in [0.4, 0.5) is 17.3 Å². The van der Waals surface area contributed by atoms with Gasteiger partial charge in [-0.2, -0.15) is 0 Å². The topological polar surface area (TPSA) is 12.9 Å². The first-order valence-corrected chi connectivity index (χ1v) is 10.9. The van der Waals surface area contributed by atoms with Crippen LogP contribution in [0.5, 0.6) is 0 Å². The molecule has 0 N–H and O–H groups in total. The largest absolute Gasteiger partial charge is 0.512 e. The van der Waals surface area contributed by atoms with Crippen molar-refractivity contribution in [3.8, 4) is 0 Å². The van der Waals surface area contributed by atoms with E-state index in [2.05, 4.69) is 32.7 Å². The Morgan fingerprint density at radius 1 is 0.786 bits per heavy atom. The zero-order valence-corrected chi connectivity index (χ0v) is 18.2. The van der Waals surface area contributed by atoms with E-state index in [1.807, 2.05) is 0 Å². The number of aromatic nitrogens is 1. The smallest absolute Gasteiger partial charge is 0.445 e. The lowest BCUT2D eigenvalue weighted by Crippen LogP contribution is -2.50. The van der Waals surface area contributed by atoms with Gasteiger partial charge in [-0.25, -0.2) is 4.39 Å². The number of nitrogens with zero attached hydrogens (tertiary/aromatic N) is 2. The van der Waals surface area contributed by atoms with Gasteiger partial charge in [-0.3, -0.25) is 4.98 Å². The van der Waals surface area contributed by atoms with Gasteiger partial charge in [-0.1, -0.05) is 64.9 Å². The Morgan fingerprint density at radius 2 is 1.18 bits per heavy atom. The maximum atomic E-state index is 12.3. The number of unbranched alkanes of at least 4 members (excludes halogenated alkanes) is 4. The van der Waals surface area contributed by atoms with Crippen molar-refractivity contribution in [3.05, 3.63) is 24.3 Å². The van der Waals surface area contributed by atoms with Crippen molar-refractivity contribution in [3.63, 3.8) is 0 Å². The van der Waals surface area contributed by atoms with E-state index >= 15 is 0 Å². The van der Waals surface area contributed by atoms with Crippen LogP contribution in [0.3, 0.4) is 0 Å². The van der Waals surface area contributed by atoms with Crippen molar-refractivity contribution in [1.82, 2.24) is 4.98 Å². The third-order valence-corrected chi connectivity index (χ3v) is 5.10. The molecule has 1 aromatic heterocycles.